The molecule has 0 bridgehead atoms. The van der Waals surface area contributed by atoms with Crippen molar-refractivity contribution in [2.24, 2.45) is 5.92 Å². The van der Waals surface area contributed by atoms with Crippen molar-refractivity contribution in [3.05, 3.63) is 18.1 Å². The van der Waals surface area contributed by atoms with Gasteiger partial charge < -0.3 is 10.6 Å². The van der Waals surface area contributed by atoms with E-state index in [9.17, 15) is 0 Å². The molecule has 1 aliphatic heterocycles. The molecule has 4 heteroatoms. The summed E-state index contributed by atoms with van der Waals surface area (Å²) in [4.78, 5) is 8.26. The third kappa shape index (κ3) is 3.16. The van der Waals surface area contributed by atoms with Gasteiger partial charge in [0.1, 0.15) is 12.1 Å². The summed E-state index contributed by atoms with van der Waals surface area (Å²) in [7, 11) is 0. The number of anilines is 1. The van der Waals surface area contributed by atoms with Crippen LogP contribution in [0.25, 0.3) is 0 Å². The van der Waals surface area contributed by atoms with Gasteiger partial charge in [-0.1, -0.05) is 0 Å². The van der Waals surface area contributed by atoms with Crippen molar-refractivity contribution in [1.29, 1.82) is 0 Å². The van der Waals surface area contributed by atoms with E-state index in [0.717, 1.165) is 37.1 Å². The van der Waals surface area contributed by atoms with Crippen molar-refractivity contribution in [2.75, 3.05) is 25.0 Å². The molecule has 1 fully saturated rings. The molecule has 0 aromatic carbocycles. The number of piperidine rings is 1. The number of rotatable bonds is 3. The molecule has 1 saturated heterocycles. The van der Waals surface area contributed by atoms with Gasteiger partial charge in [-0.3, -0.25) is 0 Å². The van der Waals surface area contributed by atoms with Crippen molar-refractivity contribution in [2.45, 2.75) is 19.8 Å². The van der Waals surface area contributed by atoms with E-state index in [4.69, 9.17) is 0 Å². The highest BCUT2D eigenvalue weighted by atomic mass is 15.0. The third-order valence-corrected chi connectivity index (χ3v) is 2.83. The Bertz CT molecular complexity index is 307. The predicted octanol–water partition coefficient (Wildman–Crippen LogP) is 1.20. The van der Waals surface area contributed by atoms with Gasteiger partial charge >= 0.3 is 0 Å². The van der Waals surface area contributed by atoms with E-state index in [1.54, 1.807) is 6.33 Å². The summed E-state index contributed by atoms with van der Waals surface area (Å²) < 4.78 is 0. The molecule has 0 atom stereocenters. The van der Waals surface area contributed by atoms with Crippen LogP contribution in [0.5, 0.6) is 0 Å². The average Bonchev–Trinajstić information content (AvgIpc) is 2.28. The number of aryl methyl sites for hydroxylation is 1. The van der Waals surface area contributed by atoms with Gasteiger partial charge in [0.15, 0.2) is 0 Å². The van der Waals surface area contributed by atoms with Crippen molar-refractivity contribution < 1.29 is 0 Å². The lowest BCUT2D eigenvalue weighted by Gasteiger charge is -2.22. The summed E-state index contributed by atoms with van der Waals surface area (Å²) in [6.07, 6.45) is 4.13. The van der Waals surface area contributed by atoms with E-state index in [1.165, 1.54) is 12.8 Å². The standard InChI is InChI=1S/C11H18N4/c1-9-6-11(15-8-14-9)13-7-10-2-4-12-5-3-10/h6,8,10,12H,2-5,7H2,1H3,(H,13,14,15). The Hall–Kier alpha value is -1.16. The smallest absolute Gasteiger partial charge is 0.129 e. The van der Waals surface area contributed by atoms with Gasteiger partial charge in [-0.15, -0.1) is 0 Å². The lowest BCUT2D eigenvalue weighted by molar-refractivity contribution is 0.389. The van der Waals surface area contributed by atoms with Gasteiger partial charge in [0.05, 0.1) is 0 Å². The first kappa shape index (κ1) is 10.4. The van der Waals surface area contributed by atoms with Gasteiger partial charge in [0.25, 0.3) is 0 Å². The third-order valence-electron chi connectivity index (χ3n) is 2.83. The van der Waals surface area contributed by atoms with E-state index >= 15 is 0 Å². The van der Waals surface area contributed by atoms with Crippen molar-refractivity contribution in [1.82, 2.24) is 15.3 Å². The van der Waals surface area contributed by atoms with E-state index in [-0.39, 0.29) is 0 Å². The molecule has 2 heterocycles. The lowest BCUT2D eigenvalue weighted by atomic mass is 9.98. The molecule has 1 aromatic rings. The van der Waals surface area contributed by atoms with Crippen LogP contribution in [0.1, 0.15) is 18.5 Å². The maximum Gasteiger partial charge on any atom is 0.129 e. The van der Waals surface area contributed by atoms with Crippen LogP contribution in [-0.4, -0.2) is 29.6 Å². The normalized spacial score (nSPS) is 17.7. The van der Waals surface area contributed by atoms with Gasteiger partial charge in [-0.25, -0.2) is 9.97 Å². The monoisotopic (exact) mass is 206 g/mol. The van der Waals surface area contributed by atoms with Crippen LogP contribution < -0.4 is 10.6 Å². The minimum Gasteiger partial charge on any atom is -0.370 e. The Morgan fingerprint density at radius 2 is 2.20 bits per heavy atom. The van der Waals surface area contributed by atoms with Gasteiger partial charge in [0.2, 0.25) is 0 Å². The Morgan fingerprint density at radius 1 is 1.40 bits per heavy atom. The molecule has 2 rings (SSSR count). The highest BCUT2D eigenvalue weighted by molar-refractivity contribution is 5.34. The molecule has 0 amide bonds. The maximum atomic E-state index is 4.19. The molecule has 1 aliphatic rings. The van der Waals surface area contributed by atoms with Crippen LogP contribution in [0, 0.1) is 12.8 Å². The van der Waals surface area contributed by atoms with Crippen molar-refractivity contribution in [3.63, 3.8) is 0 Å². The molecule has 0 radical (unpaired) electrons. The SMILES string of the molecule is Cc1cc(NCC2CCNCC2)ncn1. The molecule has 4 nitrogen and oxygen atoms in total. The zero-order chi connectivity index (χ0) is 10.5. The summed E-state index contributed by atoms with van der Waals surface area (Å²) in [5.74, 6) is 1.72. The van der Waals surface area contributed by atoms with Crippen molar-refractivity contribution in [3.8, 4) is 0 Å². The molecule has 0 aliphatic carbocycles. The maximum absolute atomic E-state index is 4.19. The molecule has 2 N–H and O–H groups in total. The lowest BCUT2D eigenvalue weighted by Crippen LogP contribution is -2.31. The fourth-order valence-electron chi connectivity index (χ4n) is 1.89. The molecule has 15 heavy (non-hydrogen) atoms. The first-order chi connectivity index (χ1) is 7.34. The van der Waals surface area contributed by atoms with E-state index in [0.29, 0.717) is 0 Å². The number of hydrogen-bond acceptors (Lipinski definition) is 4. The highest BCUT2D eigenvalue weighted by Crippen LogP contribution is 2.12. The molecular formula is C11H18N4. The molecule has 0 spiro atoms. The summed E-state index contributed by atoms with van der Waals surface area (Å²) in [5, 5.41) is 6.74. The molecule has 82 valence electrons. The second-order valence-corrected chi connectivity index (χ2v) is 4.12. The first-order valence-electron chi connectivity index (χ1n) is 5.58. The quantitative estimate of drug-likeness (QED) is 0.780. The summed E-state index contributed by atoms with van der Waals surface area (Å²) in [6.45, 7) is 5.31. The first-order valence-corrected chi connectivity index (χ1v) is 5.58. The van der Waals surface area contributed by atoms with Crippen LogP contribution in [0.2, 0.25) is 0 Å². The fraction of sp³-hybridized carbons (Fsp3) is 0.636. The topological polar surface area (TPSA) is 49.8 Å². The second-order valence-electron chi connectivity index (χ2n) is 4.12. The summed E-state index contributed by atoms with van der Waals surface area (Å²) in [5.41, 5.74) is 1.01. The summed E-state index contributed by atoms with van der Waals surface area (Å²) >= 11 is 0. The van der Waals surface area contributed by atoms with Crippen LogP contribution in [0.15, 0.2) is 12.4 Å². The highest BCUT2D eigenvalue weighted by Gasteiger charge is 2.12. The molecule has 1 aromatic heterocycles. The zero-order valence-corrected chi connectivity index (χ0v) is 9.16. The predicted molar refractivity (Wildman–Crippen MR) is 60.9 cm³/mol. The largest absolute Gasteiger partial charge is 0.370 e. The van der Waals surface area contributed by atoms with Crippen LogP contribution in [0.3, 0.4) is 0 Å². The average molecular weight is 206 g/mol. The van der Waals surface area contributed by atoms with E-state index in [2.05, 4.69) is 20.6 Å². The van der Waals surface area contributed by atoms with E-state index in [1.807, 2.05) is 13.0 Å². The fourth-order valence-corrected chi connectivity index (χ4v) is 1.89. The molecule has 0 unspecified atom stereocenters. The number of nitrogens with zero attached hydrogens (tertiary/aromatic N) is 2. The Kier molecular flexibility index (Phi) is 3.50. The number of aromatic nitrogens is 2. The van der Waals surface area contributed by atoms with Crippen LogP contribution in [0.4, 0.5) is 5.82 Å². The second kappa shape index (κ2) is 5.07. The van der Waals surface area contributed by atoms with Crippen LogP contribution >= 0.6 is 0 Å². The van der Waals surface area contributed by atoms with E-state index < -0.39 is 0 Å². The van der Waals surface area contributed by atoms with Crippen LogP contribution in [-0.2, 0) is 0 Å². The zero-order valence-electron chi connectivity index (χ0n) is 9.16. The Balaban J connectivity index is 1.81. The minimum atomic E-state index is 0.779. The van der Waals surface area contributed by atoms with Crippen molar-refractivity contribution >= 4 is 5.82 Å². The Labute approximate surface area is 90.5 Å². The molecule has 0 saturated carbocycles. The van der Waals surface area contributed by atoms with Gasteiger partial charge in [-0.05, 0) is 38.8 Å². The molecular weight excluding hydrogens is 188 g/mol. The Morgan fingerprint density at radius 3 is 2.93 bits per heavy atom. The minimum absolute atomic E-state index is 0.779. The summed E-state index contributed by atoms with van der Waals surface area (Å²) in [6, 6.07) is 1.99. The number of hydrogen-bond donors (Lipinski definition) is 2. The van der Waals surface area contributed by atoms with Gasteiger partial charge in [0, 0.05) is 18.3 Å². The van der Waals surface area contributed by atoms with Gasteiger partial charge in [-0.2, -0.15) is 0 Å². The number of nitrogens with one attached hydrogen (secondary N) is 2.